The van der Waals surface area contributed by atoms with Gasteiger partial charge in [-0.2, -0.15) is 0 Å². The van der Waals surface area contributed by atoms with E-state index in [0.717, 1.165) is 14.0 Å². The quantitative estimate of drug-likeness (QED) is 0.243. The molecule has 0 aromatic rings. The van der Waals surface area contributed by atoms with Gasteiger partial charge in [-0.1, -0.05) is 34.8 Å². The summed E-state index contributed by atoms with van der Waals surface area (Å²) in [5, 5.41) is 0.518. The van der Waals surface area contributed by atoms with Gasteiger partial charge >= 0.3 is 18.0 Å². The number of fused-ring (bicyclic) bond motifs is 1. The number of nitrogens with one attached hydrogen (secondary N) is 1. The summed E-state index contributed by atoms with van der Waals surface area (Å²) in [5.41, 5.74) is -0.663. The fourth-order valence-corrected chi connectivity index (χ4v) is 4.88. The number of amides is 2. The number of esters is 2. The van der Waals surface area contributed by atoms with E-state index in [0.29, 0.717) is 4.90 Å². The van der Waals surface area contributed by atoms with Crippen LogP contribution in [-0.2, 0) is 38.4 Å². The molecule has 29 heavy (non-hydrogen) atoms. The number of halogens is 3. The Bertz CT molecular complexity index is 881. The van der Waals surface area contributed by atoms with Crippen LogP contribution in [0.3, 0.4) is 0 Å². The highest BCUT2D eigenvalue weighted by molar-refractivity contribution is 7.92. The molecular weight excluding hydrogens is 479 g/mol. The summed E-state index contributed by atoms with van der Waals surface area (Å²) in [5.74, 6) is -3.55. The maximum absolute atomic E-state index is 12.6. The topological polar surface area (TPSA) is 145 Å². The molecule has 0 aromatic carbocycles. The first-order valence-corrected chi connectivity index (χ1v) is 10.6. The average molecular weight is 494 g/mol. The molecule has 2 amide bonds. The summed E-state index contributed by atoms with van der Waals surface area (Å²) in [6.45, 7) is -0.199. The maximum Gasteiger partial charge on any atom is 0.407 e. The number of rotatable bonds is 5. The van der Waals surface area contributed by atoms with Crippen LogP contribution in [0, 0.1) is 0 Å². The number of alkyl halides is 3. The van der Waals surface area contributed by atoms with Crippen LogP contribution in [0.25, 0.3) is 0 Å². The van der Waals surface area contributed by atoms with Crippen LogP contribution < -0.4 is 5.32 Å². The molecule has 0 aliphatic carbocycles. The Kier molecular flexibility index (Phi) is 6.93. The largest absolute Gasteiger partial charge is 0.461 e. The van der Waals surface area contributed by atoms with Crippen LogP contribution in [0.2, 0.25) is 0 Å². The van der Waals surface area contributed by atoms with Gasteiger partial charge in [0.1, 0.15) is 25.0 Å². The Morgan fingerprint density at radius 3 is 2.38 bits per heavy atom. The molecule has 2 aliphatic rings. The zero-order chi connectivity index (χ0) is 22.1. The van der Waals surface area contributed by atoms with Gasteiger partial charge in [0.2, 0.25) is 3.79 Å². The van der Waals surface area contributed by atoms with E-state index in [-0.39, 0.29) is 5.57 Å². The lowest BCUT2D eigenvalue weighted by Gasteiger charge is -2.48. The molecule has 1 N–H and O–H groups in total. The number of nitrogens with zero attached hydrogens (tertiary/aromatic N) is 1. The Morgan fingerprint density at radius 2 is 1.86 bits per heavy atom. The average Bonchev–Trinajstić information content (AvgIpc) is 2.60. The summed E-state index contributed by atoms with van der Waals surface area (Å²) in [6.07, 6.45) is -1.03. The van der Waals surface area contributed by atoms with Crippen molar-refractivity contribution in [1.29, 1.82) is 0 Å². The van der Waals surface area contributed by atoms with Crippen molar-refractivity contribution in [2.75, 3.05) is 26.1 Å². The number of β-lactam (4-membered cyclic amide) rings is 1. The van der Waals surface area contributed by atoms with Crippen LogP contribution in [0.5, 0.6) is 0 Å². The van der Waals surface area contributed by atoms with Crippen molar-refractivity contribution in [1.82, 2.24) is 10.2 Å². The fraction of sp³-hybridized carbons (Fsp3) is 0.571. The highest BCUT2D eigenvalue weighted by Gasteiger charge is 2.61. The second-order valence-electron chi connectivity index (χ2n) is 5.94. The van der Waals surface area contributed by atoms with E-state index >= 15 is 0 Å². The minimum Gasteiger partial charge on any atom is -0.461 e. The van der Waals surface area contributed by atoms with Crippen LogP contribution in [0.1, 0.15) is 6.92 Å². The van der Waals surface area contributed by atoms with E-state index < -0.39 is 73.6 Å². The zero-order valence-electron chi connectivity index (χ0n) is 14.9. The lowest BCUT2D eigenvalue weighted by molar-refractivity contribution is -0.152. The third-order valence-electron chi connectivity index (χ3n) is 3.83. The summed E-state index contributed by atoms with van der Waals surface area (Å²) >= 11 is 16.6. The van der Waals surface area contributed by atoms with E-state index in [1.54, 1.807) is 0 Å². The molecule has 2 atom stereocenters. The van der Waals surface area contributed by atoms with E-state index in [9.17, 15) is 27.6 Å². The molecule has 2 heterocycles. The molecule has 2 aliphatic heterocycles. The van der Waals surface area contributed by atoms with Gasteiger partial charge in [0.05, 0.1) is 12.9 Å². The summed E-state index contributed by atoms with van der Waals surface area (Å²) in [4.78, 5) is 48.2. The number of alkyl carbamates (subject to hydrolysis) is 1. The van der Waals surface area contributed by atoms with E-state index in [1.165, 1.54) is 0 Å². The number of hydrogen-bond acceptors (Lipinski definition) is 9. The van der Waals surface area contributed by atoms with Crippen LogP contribution in [0.4, 0.5) is 4.79 Å². The molecule has 0 bridgehead atoms. The van der Waals surface area contributed by atoms with Gasteiger partial charge < -0.3 is 19.5 Å². The summed E-state index contributed by atoms with van der Waals surface area (Å²) < 4.78 is 37.3. The highest BCUT2D eigenvalue weighted by Crippen LogP contribution is 2.37. The smallest absolute Gasteiger partial charge is 0.407 e. The number of ether oxygens (including phenoxy) is 3. The Hall–Kier alpha value is -1.76. The third-order valence-corrected chi connectivity index (χ3v) is 6.13. The predicted octanol–water partition coefficient (Wildman–Crippen LogP) is 0.0383. The Labute approximate surface area is 180 Å². The van der Waals surface area contributed by atoms with Gasteiger partial charge in [-0.25, -0.2) is 18.0 Å². The number of carbonyl (C=O) groups is 4. The first-order valence-electron chi connectivity index (χ1n) is 7.77. The van der Waals surface area contributed by atoms with Gasteiger partial charge in [-0.15, -0.1) is 0 Å². The lowest BCUT2D eigenvalue weighted by atomic mass is 10.0. The molecule has 11 nitrogen and oxygen atoms in total. The van der Waals surface area contributed by atoms with Crippen LogP contribution in [0.15, 0.2) is 11.3 Å². The standard InChI is InChI=1S/C14H15Cl3N2O9S/c1-6(20)27-3-7-4-29(24,25)11-8(18-13(23)26-2)10(21)19(11)9(7)12(22)28-5-14(15,16)17/h8,11H,3-5H2,1-2H3,(H,18,23). The van der Waals surface area contributed by atoms with Gasteiger partial charge in [-0.05, 0) is 0 Å². The van der Waals surface area contributed by atoms with Gasteiger partial charge in [0.25, 0.3) is 5.91 Å². The van der Waals surface area contributed by atoms with Crippen LogP contribution >= 0.6 is 34.8 Å². The molecule has 0 saturated carbocycles. The van der Waals surface area contributed by atoms with Crippen molar-refractivity contribution < 1.29 is 41.8 Å². The van der Waals surface area contributed by atoms with Crippen molar-refractivity contribution >= 4 is 68.6 Å². The number of sulfone groups is 1. The van der Waals surface area contributed by atoms with Crippen molar-refractivity contribution in [3.8, 4) is 0 Å². The van der Waals surface area contributed by atoms with Crippen molar-refractivity contribution in [3.63, 3.8) is 0 Å². The van der Waals surface area contributed by atoms with Crippen molar-refractivity contribution in [2.24, 2.45) is 0 Å². The zero-order valence-corrected chi connectivity index (χ0v) is 18.0. The Balaban J connectivity index is 2.42. The molecule has 15 heteroatoms. The summed E-state index contributed by atoms with van der Waals surface area (Å²) in [6, 6.07) is -1.47. The lowest BCUT2D eigenvalue weighted by Crippen LogP contribution is -2.75. The normalized spacial score (nSPS) is 22.9. The fourth-order valence-electron chi connectivity index (χ4n) is 2.71. The minimum atomic E-state index is -4.07. The molecule has 0 spiro atoms. The van der Waals surface area contributed by atoms with Gasteiger partial charge in [0, 0.05) is 12.5 Å². The molecule has 0 radical (unpaired) electrons. The van der Waals surface area contributed by atoms with E-state index in [1.807, 2.05) is 0 Å². The Morgan fingerprint density at radius 1 is 1.24 bits per heavy atom. The number of hydrogen-bond donors (Lipinski definition) is 1. The van der Waals surface area contributed by atoms with Crippen LogP contribution in [-0.4, -0.2) is 78.5 Å². The maximum atomic E-state index is 12.6. The molecule has 2 unspecified atom stereocenters. The van der Waals surface area contributed by atoms with Gasteiger partial charge in [0.15, 0.2) is 15.2 Å². The molecule has 0 aromatic heterocycles. The second kappa shape index (κ2) is 8.54. The first-order chi connectivity index (χ1) is 13.3. The molecule has 2 rings (SSSR count). The highest BCUT2D eigenvalue weighted by atomic mass is 35.6. The van der Waals surface area contributed by atoms with E-state index in [4.69, 9.17) is 44.3 Å². The van der Waals surface area contributed by atoms with Crippen molar-refractivity contribution in [2.45, 2.75) is 22.1 Å². The minimum absolute atomic E-state index is 0.198. The molecule has 162 valence electrons. The second-order valence-corrected chi connectivity index (χ2v) is 10.6. The molecular formula is C14H15Cl3N2O9S. The van der Waals surface area contributed by atoms with Gasteiger partial charge in [-0.3, -0.25) is 14.5 Å². The summed E-state index contributed by atoms with van der Waals surface area (Å²) in [7, 11) is -3.04. The monoisotopic (exact) mass is 492 g/mol. The first kappa shape index (κ1) is 23.5. The van der Waals surface area contributed by atoms with Crippen molar-refractivity contribution in [3.05, 3.63) is 11.3 Å². The molecule has 1 saturated heterocycles. The number of methoxy groups -OCH3 is 1. The molecule has 1 fully saturated rings. The van der Waals surface area contributed by atoms with E-state index in [2.05, 4.69) is 10.1 Å². The SMILES string of the molecule is COC(=O)NC1C(=O)N2C(C(=O)OCC(Cl)(Cl)Cl)=C(COC(C)=O)CS(=O)(=O)C12. The number of carbonyl (C=O) groups excluding carboxylic acids is 4. The third kappa shape index (κ3) is 5.24. The predicted molar refractivity (Wildman–Crippen MR) is 98.7 cm³/mol.